The van der Waals surface area contributed by atoms with E-state index >= 15 is 0 Å². The summed E-state index contributed by atoms with van der Waals surface area (Å²) in [4.78, 5) is 1.84. The third kappa shape index (κ3) is 4.56. The van der Waals surface area contributed by atoms with Crippen LogP contribution >= 0.6 is 0 Å². The molecule has 2 unspecified atom stereocenters. The Hall–Kier alpha value is -0.980. The average molecular weight is 281 g/mol. The first kappa shape index (κ1) is 16.1. The molecule has 0 amide bonds. The fraction of sp³-hybridized carbons (Fsp3) is 0.917. The number of hydrogen-bond donors (Lipinski definition) is 2. The Morgan fingerprint density at radius 1 is 1.42 bits per heavy atom. The Labute approximate surface area is 111 Å². The normalized spacial score (nSPS) is 25.1. The number of halogens is 3. The molecule has 7 heteroatoms. The van der Waals surface area contributed by atoms with Gasteiger partial charge in [-0.15, -0.1) is 0 Å². The standard InChI is InChI=1S/C12H22F3N3O/c1-2-9-6-4-3-5-7-18(9)8-10(11(16)17-19)12(13,14)15/h9-10,19H,2-8H2,1H3,(H2,16,17). The summed E-state index contributed by atoms with van der Waals surface area (Å²) in [6, 6.07) is 0.152. The molecule has 0 aromatic rings. The zero-order valence-corrected chi connectivity index (χ0v) is 11.2. The minimum Gasteiger partial charge on any atom is -0.409 e. The van der Waals surface area contributed by atoms with E-state index in [9.17, 15) is 13.2 Å². The fourth-order valence-electron chi connectivity index (χ4n) is 2.61. The van der Waals surface area contributed by atoms with Crippen molar-refractivity contribution >= 4 is 5.84 Å². The van der Waals surface area contributed by atoms with Crippen LogP contribution in [0.4, 0.5) is 13.2 Å². The Kier molecular flexibility index (Phi) is 5.90. The van der Waals surface area contributed by atoms with Gasteiger partial charge in [-0.2, -0.15) is 13.2 Å². The molecule has 0 aromatic heterocycles. The van der Waals surface area contributed by atoms with Gasteiger partial charge in [0.15, 0.2) is 5.84 Å². The van der Waals surface area contributed by atoms with Crippen molar-refractivity contribution in [1.82, 2.24) is 4.90 Å². The molecule has 1 saturated heterocycles. The van der Waals surface area contributed by atoms with Crippen molar-refractivity contribution in [1.29, 1.82) is 0 Å². The van der Waals surface area contributed by atoms with Gasteiger partial charge in [0.1, 0.15) is 5.92 Å². The molecule has 0 bridgehead atoms. The minimum atomic E-state index is -4.49. The van der Waals surface area contributed by atoms with Crippen molar-refractivity contribution in [2.45, 2.75) is 51.2 Å². The van der Waals surface area contributed by atoms with Crippen LogP contribution in [0.1, 0.15) is 39.0 Å². The van der Waals surface area contributed by atoms with Crippen LogP contribution in [0.15, 0.2) is 5.16 Å². The van der Waals surface area contributed by atoms with E-state index in [2.05, 4.69) is 5.16 Å². The molecule has 112 valence electrons. The van der Waals surface area contributed by atoms with Crippen LogP contribution < -0.4 is 5.73 Å². The number of likely N-dealkylation sites (tertiary alicyclic amines) is 1. The summed E-state index contributed by atoms with van der Waals surface area (Å²) >= 11 is 0. The Morgan fingerprint density at radius 3 is 2.63 bits per heavy atom. The molecule has 1 heterocycles. The summed E-state index contributed by atoms with van der Waals surface area (Å²) in [5, 5.41) is 11.1. The van der Waals surface area contributed by atoms with Gasteiger partial charge in [0.2, 0.25) is 0 Å². The van der Waals surface area contributed by atoms with Crippen LogP contribution in [0.5, 0.6) is 0 Å². The van der Waals surface area contributed by atoms with Crippen LogP contribution in [0, 0.1) is 5.92 Å². The van der Waals surface area contributed by atoms with E-state index in [1.807, 2.05) is 11.8 Å². The Balaban J connectivity index is 2.81. The lowest BCUT2D eigenvalue weighted by Crippen LogP contribution is -2.47. The maximum Gasteiger partial charge on any atom is 0.400 e. The Bertz CT molecular complexity index is 307. The molecule has 0 aromatic carbocycles. The van der Waals surface area contributed by atoms with Crippen LogP contribution in [-0.4, -0.2) is 41.3 Å². The number of rotatable bonds is 4. The van der Waals surface area contributed by atoms with E-state index in [1.54, 1.807) is 0 Å². The lowest BCUT2D eigenvalue weighted by molar-refractivity contribution is -0.161. The van der Waals surface area contributed by atoms with Crippen molar-refractivity contribution in [3.63, 3.8) is 0 Å². The lowest BCUT2D eigenvalue weighted by Gasteiger charge is -2.32. The van der Waals surface area contributed by atoms with Gasteiger partial charge in [0, 0.05) is 12.6 Å². The molecular formula is C12H22F3N3O. The summed E-state index contributed by atoms with van der Waals surface area (Å²) in [5.41, 5.74) is 5.20. The summed E-state index contributed by atoms with van der Waals surface area (Å²) in [6.45, 7) is 2.40. The lowest BCUT2D eigenvalue weighted by atomic mass is 10.0. The number of nitrogens with two attached hydrogens (primary N) is 1. The summed E-state index contributed by atoms with van der Waals surface area (Å²) in [5.74, 6) is -2.66. The van der Waals surface area contributed by atoms with Crippen molar-refractivity contribution in [3.05, 3.63) is 0 Å². The summed E-state index contributed by atoms with van der Waals surface area (Å²) in [7, 11) is 0. The first-order valence-corrected chi connectivity index (χ1v) is 6.68. The third-order valence-electron chi connectivity index (χ3n) is 3.76. The number of hydrogen-bond acceptors (Lipinski definition) is 3. The van der Waals surface area contributed by atoms with Crippen molar-refractivity contribution in [2.75, 3.05) is 13.1 Å². The van der Waals surface area contributed by atoms with Crippen LogP contribution in [0.3, 0.4) is 0 Å². The number of oxime groups is 1. The summed E-state index contributed by atoms with van der Waals surface area (Å²) < 4.78 is 38.8. The van der Waals surface area contributed by atoms with Crippen LogP contribution in [0.25, 0.3) is 0 Å². The SMILES string of the molecule is CCC1CCCCCN1CC(C(N)=NO)C(F)(F)F. The predicted octanol–water partition coefficient (Wildman–Crippen LogP) is 2.57. The molecule has 1 fully saturated rings. The van der Waals surface area contributed by atoms with Gasteiger partial charge in [-0.3, -0.25) is 4.90 Å². The van der Waals surface area contributed by atoms with Gasteiger partial charge in [0.05, 0.1) is 0 Å². The van der Waals surface area contributed by atoms with Gasteiger partial charge in [-0.25, -0.2) is 0 Å². The van der Waals surface area contributed by atoms with Crippen molar-refractivity contribution in [2.24, 2.45) is 16.8 Å². The molecule has 1 aliphatic rings. The molecule has 1 aliphatic heterocycles. The molecular weight excluding hydrogens is 259 g/mol. The molecule has 2 atom stereocenters. The molecule has 19 heavy (non-hydrogen) atoms. The van der Waals surface area contributed by atoms with Crippen molar-refractivity contribution in [3.8, 4) is 0 Å². The van der Waals surface area contributed by atoms with E-state index in [1.165, 1.54) is 0 Å². The van der Waals surface area contributed by atoms with Crippen LogP contribution in [-0.2, 0) is 0 Å². The maximum absolute atomic E-state index is 12.9. The Morgan fingerprint density at radius 2 is 2.11 bits per heavy atom. The van der Waals surface area contributed by atoms with E-state index < -0.39 is 17.9 Å². The highest BCUT2D eigenvalue weighted by Crippen LogP contribution is 2.29. The first-order valence-electron chi connectivity index (χ1n) is 6.68. The highest BCUT2D eigenvalue weighted by molar-refractivity contribution is 5.83. The van der Waals surface area contributed by atoms with Gasteiger partial charge in [-0.1, -0.05) is 24.9 Å². The highest BCUT2D eigenvalue weighted by Gasteiger charge is 2.44. The van der Waals surface area contributed by atoms with Crippen LogP contribution in [0.2, 0.25) is 0 Å². The number of amidine groups is 1. The second kappa shape index (κ2) is 6.98. The van der Waals surface area contributed by atoms with E-state index in [0.717, 1.165) is 32.1 Å². The molecule has 0 radical (unpaired) electrons. The predicted molar refractivity (Wildman–Crippen MR) is 67.1 cm³/mol. The molecule has 1 rings (SSSR count). The van der Waals surface area contributed by atoms with Gasteiger partial charge in [0.25, 0.3) is 0 Å². The first-order chi connectivity index (χ1) is 8.90. The zero-order valence-electron chi connectivity index (χ0n) is 11.2. The van der Waals surface area contributed by atoms with Gasteiger partial charge >= 0.3 is 6.18 Å². The topological polar surface area (TPSA) is 61.8 Å². The summed E-state index contributed by atoms with van der Waals surface area (Å²) in [6.07, 6.45) is 0.249. The fourth-order valence-corrected chi connectivity index (χ4v) is 2.61. The molecule has 0 aliphatic carbocycles. The van der Waals surface area contributed by atoms with E-state index in [0.29, 0.717) is 6.54 Å². The largest absolute Gasteiger partial charge is 0.409 e. The molecule has 3 N–H and O–H groups in total. The highest BCUT2D eigenvalue weighted by atomic mass is 19.4. The minimum absolute atomic E-state index is 0.152. The second-order valence-electron chi connectivity index (χ2n) is 5.03. The van der Waals surface area contributed by atoms with E-state index in [-0.39, 0.29) is 12.6 Å². The molecule has 0 spiro atoms. The average Bonchev–Trinajstić information content (AvgIpc) is 2.58. The number of alkyl halides is 3. The smallest absolute Gasteiger partial charge is 0.400 e. The third-order valence-corrected chi connectivity index (χ3v) is 3.76. The van der Waals surface area contributed by atoms with Gasteiger partial charge < -0.3 is 10.9 Å². The quantitative estimate of drug-likeness (QED) is 0.360. The molecule has 0 saturated carbocycles. The van der Waals surface area contributed by atoms with E-state index in [4.69, 9.17) is 10.9 Å². The second-order valence-corrected chi connectivity index (χ2v) is 5.03. The maximum atomic E-state index is 12.9. The molecule has 4 nitrogen and oxygen atoms in total. The monoisotopic (exact) mass is 281 g/mol. The van der Waals surface area contributed by atoms with Crippen molar-refractivity contribution < 1.29 is 18.4 Å². The zero-order chi connectivity index (χ0) is 14.5. The van der Waals surface area contributed by atoms with Gasteiger partial charge in [-0.05, 0) is 25.8 Å². The number of nitrogens with zero attached hydrogens (tertiary/aromatic N) is 2.